The molecule has 6 aromatic rings. The number of aryl methyl sites for hydroxylation is 2. The van der Waals surface area contributed by atoms with Crippen LogP contribution in [-0.2, 0) is 27.1 Å². The highest BCUT2D eigenvalue weighted by Gasteiger charge is 2.46. The Bertz CT molecular complexity index is 3000. The average Bonchev–Trinajstić information content (AvgIpc) is 3.54. The highest BCUT2D eigenvalue weighted by Crippen LogP contribution is 2.50. The fraction of sp³-hybridized carbons (Fsp3) is 0.348. The molecule has 0 spiro atoms. The SMILES string of the molecule is COc1cc2c(c3c1c(=O)c1ccc4c(c1n3C)CC1C4CN3Cc4c(ccc5c(=O)c6c(OC)cc7c(c6n(C)c45)C=CC(C)(C)O7)N1C3)C=CC(C)(C)O2. The number of methoxy groups -OCH3 is 2. The van der Waals surface area contributed by atoms with Crippen LogP contribution in [0, 0.1) is 0 Å². The van der Waals surface area contributed by atoms with E-state index in [1.807, 2.05) is 52.0 Å². The van der Waals surface area contributed by atoms with Crippen molar-refractivity contribution >= 4 is 61.5 Å². The van der Waals surface area contributed by atoms with E-state index in [1.165, 1.54) is 11.1 Å². The van der Waals surface area contributed by atoms with Crippen LogP contribution >= 0.6 is 0 Å². The zero-order valence-corrected chi connectivity index (χ0v) is 33.0. The summed E-state index contributed by atoms with van der Waals surface area (Å²) in [6, 6.07) is 12.3. The zero-order chi connectivity index (χ0) is 38.7. The van der Waals surface area contributed by atoms with Crippen LogP contribution in [0.15, 0.2) is 58.1 Å². The predicted octanol–water partition coefficient (Wildman–Crippen LogP) is 7.38. The third kappa shape index (κ3) is 4.30. The largest absolute Gasteiger partial charge is 0.496 e. The summed E-state index contributed by atoms with van der Waals surface area (Å²) in [5.74, 6) is 2.71. The first-order valence-corrected chi connectivity index (χ1v) is 19.4. The summed E-state index contributed by atoms with van der Waals surface area (Å²) in [5.41, 5.74) is 9.13. The average molecular weight is 749 g/mol. The smallest absolute Gasteiger partial charge is 0.201 e. The number of hydrogen-bond donors (Lipinski definition) is 0. The van der Waals surface area contributed by atoms with Crippen LogP contribution in [0.3, 0.4) is 0 Å². The van der Waals surface area contributed by atoms with Crippen LogP contribution in [-0.4, -0.2) is 58.7 Å². The summed E-state index contributed by atoms with van der Waals surface area (Å²) in [6.45, 7) is 10.5. The molecule has 6 heterocycles. The summed E-state index contributed by atoms with van der Waals surface area (Å²) >= 11 is 0. The molecule has 284 valence electrons. The molecule has 1 aliphatic carbocycles. The summed E-state index contributed by atoms with van der Waals surface area (Å²) in [6.07, 6.45) is 9.07. The minimum absolute atomic E-state index is 0.0287. The minimum atomic E-state index is -0.479. The van der Waals surface area contributed by atoms with Crippen molar-refractivity contribution in [3.63, 3.8) is 0 Å². The topological polar surface area (TPSA) is 87.4 Å². The van der Waals surface area contributed by atoms with Crippen LogP contribution in [0.2, 0.25) is 0 Å². The highest BCUT2D eigenvalue weighted by molar-refractivity contribution is 6.05. The summed E-state index contributed by atoms with van der Waals surface area (Å²) in [7, 11) is 7.36. The van der Waals surface area contributed by atoms with E-state index in [4.69, 9.17) is 18.9 Å². The van der Waals surface area contributed by atoms with Gasteiger partial charge in [-0.15, -0.1) is 0 Å². The second-order valence-corrected chi connectivity index (χ2v) is 17.3. The number of aromatic nitrogens is 2. The Morgan fingerprint density at radius 1 is 0.714 bits per heavy atom. The van der Waals surface area contributed by atoms with E-state index in [0.29, 0.717) is 44.5 Å². The van der Waals surface area contributed by atoms with Gasteiger partial charge in [0.15, 0.2) is 0 Å². The van der Waals surface area contributed by atoms with Gasteiger partial charge in [0.05, 0.1) is 53.7 Å². The van der Waals surface area contributed by atoms with Gasteiger partial charge < -0.3 is 33.0 Å². The standard InChI is InChI=1S/C46H44N4O6/c1-45(2)15-13-24-33(55-45)18-35(53-7)37-41(24)47(5)39-26(43(37)51)10-9-23-28(39)17-32-29(23)20-49-21-30-31(50(32)22-49)12-11-27-40(30)48(6)42-25-14-16-46(3,4)56-34(25)19-36(54-8)38(42)44(27)52/h9-16,18-19,29,32H,17,20-22H2,1-8H3. The lowest BCUT2D eigenvalue weighted by atomic mass is 9.90. The van der Waals surface area contributed by atoms with Gasteiger partial charge in [0, 0.05) is 84.4 Å². The molecule has 11 rings (SSSR count). The molecular weight excluding hydrogens is 705 g/mol. The van der Waals surface area contributed by atoms with Gasteiger partial charge in [0.2, 0.25) is 10.9 Å². The summed E-state index contributed by atoms with van der Waals surface area (Å²) in [5, 5.41) is 2.51. The molecule has 56 heavy (non-hydrogen) atoms. The van der Waals surface area contributed by atoms with Crippen molar-refractivity contribution in [3.8, 4) is 23.0 Å². The number of fused-ring (bicyclic) bond motifs is 18. The monoisotopic (exact) mass is 748 g/mol. The van der Waals surface area contributed by atoms with Crippen LogP contribution < -0.4 is 34.7 Å². The van der Waals surface area contributed by atoms with E-state index < -0.39 is 11.2 Å². The van der Waals surface area contributed by atoms with Gasteiger partial charge in [-0.2, -0.15) is 0 Å². The number of anilines is 1. The fourth-order valence-electron chi connectivity index (χ4n) is 10.7. The van der Waals surface area contributed by atoms with E-state index in [9.17, 15) is 9.59 Å². The van der Waals surface area contributed by atoms with E-state index in [2.05, 4.69) is 69.5 Å². The Labute approximate surface area is 323 Å². The van der Waals surface area contributed by atoms with Crippen LogP contribution in [0.1, 0.15) is 61.4 Å². The van der Waals surface area contributed by atoms with E-state index in [-0.39, 0.29) is 22.8 Å². The number of rotatable bonds is 2. The third-order valence-electron chi connectivity index (χ3n) is 13.1. The quantitative estimate of drug-likeness (QED) is 0.170. The van der Waals surface area contributed by atoms with E-state index in [1.54, 1.807) is 14.2 Å². The Morgan fingerprint density at radius 2 is 1.25 bits per heavy atom. The molecule has 10 nitrogen and oxygen atoms in total. The lowest BCUT2D eigenvalue weighted by Crippen LogP contribution is -2.56. The molecule has 3 atom stereocenters. The van der Waals surface area contributed by atoms with Crippen molar-refractivity contribution in [3.05, 3.63) is 96.8 Å². The van der Waals surface area contributed by atoms with Gasteiger partial charge in [-0.3, -0.25) is 14.5 Å². The molecule has 2 bridgehead atoms. The number of ether oxygens (including phenoxy) is 4. The fourth-order valence-corrected chi connectivity index (χ4v) is 10.7. The first-order chi connectivity index (χ1) is 26.8. The highest BCUT2D eigenvalue weighted by atomic mass is 16.5. The summed E-state index contributed by atoms with van der Waals surface area (Å²) < 4.78 is 28.9. The number of benzene rings is 4. The third-order valence-corrected chi connectivity index (χ3v) is 13.1. The van der Waals surface area contributed by atoms with Crippen LogP contribution in [0.4, 0.5) is 5.69 Å². The van der Waals surface area contributed by atoms with Gasteiger partial charge in [-0.05, 0) is 87.7 Å². The maximum atomic E-state index is 14.5. The molecule has 0 radical (unpaired) electrons. The molecule has 0 N–H and O–H groups in total. The molecule has 4 aliphatic heterocycles. The Kier molecular flexibility index (Phi) is 6.58. The molecular formula is C46H44N4O6. The van der Waals surface area contributed by atoms with Crippen molar-refractivity contribution in [2.24, 2.45) is 14.1 Å². The Balaban J connectivity index is 1.10. The second-order valence-electron chi connectivity index (χ2n) is 17.3. The molecule has 5 aliphatic rings. The lowest BCUT2D eigenvalue weighted by molar-refractivity contribution is 0.158. The second kappa shape index (κ2) is 11.0. The van der Waals surface area contributed by atoms with Crippen molar-refractivity contribution < 1.29 is 18.9 Å². The van der Waals surface area contributed by atoms with Crippen molar-refractivity contribution in [2.45, 2.75) is 63.8 Å². The molecule has 10 heteroatoms. The first-order valence-electron chi connectivity index (χ1n) is 19.4. The first kappa shape index (κ1) is 33.6. The van der Waals surface area contributed by atoms with E-state index >= 15 is 0 Å². The molecule has 0 saturated carbocycles. The lowest BCUT2D eigenvalue weighted by Gasteiger charge is -2.49. The maximum absolute atomic E-state index is 14.5. The number of nitrogens with zero attached hydrogens (tertiary/aromatic N) is 4. The molecule has 3 unspecified atom stereocenters. The minimum Gasteiger partial charge on any atom is -0.496 e. The summed E-state index contributed by atoms with van der Waals surface area (Å²) in [4.78, 5) is 34.1. The number of hydrogen-bond acceptors (Lipinski definition) is 8. The zero-order valence-electron chi connectivity index (χ0n) is 33.0. The van der Waals surface area contributed by atoms with Gasteiger partial charge >= 0.3 is 0 Å². The van der Waals surface area contributed by atoms with Gasteiger partial charge in [0.1, 0.15) is 34.2 Å². The Morgan fingerprint density at radius 3 is 1.80 bits per heavy atom. The molecule has 1 fully saturated rings. The van der Waals surface area contributed by atoms with Crippen molar-refractivity contribution in [1.82, 2.24) is 14.0 Å². The molecule has 0 amide bonds. The normalized spacial score (nSPS) is 22.0. The van der Waals surface area contributed by atoms with Crippen molar-refractivity contribution in [2.75, 3.05) is 32.3 Å². The molecule has 1 saturated heterocycles. The predicted molar refractivity (Wildman–Crippen MR) is 222 cm³/mol. The Hall–Kier alpha value is -5.74. The van der Waals surface area contributed by atoms with Gasteiger partial charge in [-0.1, -0.05) is 6.07 Å². The van der Waals surface area contributed by atoms with Crippen LogP contribution in [0.25, 0.3) is 55.8 Å². The van der Waals surface area contributed by atoms with E-state index in [0.717, 1.165) is 70.6 Å². The van der Waals surface area contributed by atoms with Crippen LogP contribution in [0.5, 0.6) is 23.0 Å². The van der Waals surface area contributed by atoms with Gasteiger partial charge in [0.25, 0.3) is 0 Å². The molecule has 2 aromatic heterocycles. The number of pyridine rings is 2. The van der Waals surface area contributed by atoms with Gasteiger partial charge in [-0.25, -0.2) is 0 Å². The molecule has 4 aromatic carbocycles. The maximum Gasteiger partial charge on any atom is 0.201 e. The van der Waals surface area contributed by atoms with Crippen molar-refractivity contribution in [1.29, 1.82) is 0 Å².